The summed E-state index contributed by atoms with van der Waals surface area (Å²) in [5.74, 6) is 0.173. The van der Waals surface area contributed by atoms with Crippen molar-refractivity contribution in [2.24, 2.45) is 0 Å². The number of aryl methyl sites for hydroxylation is 1. The SMILES string of the molecule is CCc1ccc(C2CC(=O)N2)s1. The Balaban J connectivity index is 2.08. The summed E-state index contributed by atoms with van der Waals surface area (Å²) in [6.07, 6.45) is 1.76. The predicted octanol–water partition coefficient (Wildman–Crippen LogP) is 1.87. The fourth-order valence-electron chi connectivity index (χ4n) is 1.30. The highest BCUT2D eigenvalue weighted by atomic mass is 32.1. The van der Waals surface area contributed by atoms with Gasteiger partial charge in [0.15, 0.2) is 0 Å². The molecule has 64 valence electrons. The Morgan fingerprint density at radius 2 is 2.42 bits per heavy atom. The van der Waals surface area contributed by atoms with Crippen LogP contribution in [0.1, 0.15) is 29.1 Å². The van der Waals surface area contributed by atoms with Crippen molar-refractivity contribution >= 4 is 17.2 Å². The van der Waals surface area contributed by atoms with Crippen molar-refractivity contribution in [3.63, 3.8) is 0 Å². The van der Waals surface area contributed by atoms with E-state index in [9.17, 15) is 4.79 Å². The second-order valence-corrected chi connectivity index (χ2v) is 4.18. The molecule has 1 atom stereocenters. The molecule has 1 aromatic heterocycles. The number of thiophene rings is 1. The zero-order valence-corrected chi connectivity index (χ0v) is 7.78. The second-order valence-electron chi connectivity index (χ2n) is 2.98. The Bertz CT molecular complexity index is 297. The van der Waals surface area contributed by atoms with Crippen molar-refractivity contribution in [2.75, 3.05) is 0 Å². The average molecular weight is 181 g/mol. The molecule has 0 bridgehead atoms. The molecule has 2 heterocycles. The summed E-state index contributed by atoms with van der Waals surface area (Å²) in [5.41, 5.74) is 0. The minimum atomic E-state index is 0.173. The lowest BCUT2D eigenvalue weighted by atomic mass is 10.1. The van der Waals surface area contributed by atoms with E-state index < -0.39 is 0 Å². The molecule has 1 amide bonds. The van der Waals surface area contributed by atoms with Crippen LogP contribution in [0.5, 0.6) is 0 Å². The number of carbonyl (C=O) groups excluding carboxylic acids is 1. The van der Waals surface area contributed by atoms with Crippen molar-refractivity contribution in [3.8, 4) is 0 Å². The van der Waals surface area contributed by atoms with Gasteiger partial charge in [-0.2, -0.15) is 0 Å². The van der Waals surface area contributed by atoms with Crippen molar-refractivity contribution in [3.05, 3.63) is 21.9 Å². The van der Waals surface area contributed by atoms with Crippen molar-refractivity contribution in [1.29, 1.82) is 0 Å². The van der Waals surface area contributed by atoms with E-state index in [2.05, 4.69) is 24.4 Å². The first-order valence-electron chi connectivity index (χ1n) is 4.17. The van der Waals surface area contributed by atoms with Gasteiger partial charge < -0.3 is 5.32 Å². The quantitative estimate of drug-likeness (QED) is 0.693. The Morgan fingerprint density at radius 1 is 1.67 bits per heavy atom. The van der Waals surface area contributed by atoms with E-state index in [1.54, 1.807) is 11.3 Å². The monoisotopic (exact) mass is 181 g/mol. The topological polar surface area (TPSA) is 29.1 Å². The van der Waals surface area contributed by atoms with Crippen LogP contribution >= 0.6 is 11.3 Å². The minimum Gasteiger partial charge on any atom is -0.348 e. The normalized spacial score (nSPS) is 21.8. The highest BCUT2D eigenvalue weighted by Crippen LogP contribution is 2.30. The highest BCUT2D eigenvalue weighted by Gasteiger charge is 2.27. The van der Waals surface area contributed by atoms with Crippen molar-refractivity contribution < 1.29 is 4.79 Å². The fraction of sp³-hybridized carbons (Fsp3) is 0.444. The van der Waals surface area contributed by atoms with E-state index in [4.69, 9.17) is 0 Å². The summed E-state index contributed by atoms with van der Waals surface area (Å²) in [6, 6.07) is 4.57. The van der Waals surface area contributed by atoms with Gasteiger partial charge in [-0.1, -0.05) is 6.92 Å². The molecule has 2 rings (SSSR count). The van der Waals surface area contributed by atoms with E-state index in [0.717, 1.165) is 6.42 Å². The largest absolute Gasteiger partial charge is 0.348 e. The Morgan fingerprint density at radius 3 is 2.92 bits per heavy atom. The maximum Gasteiger partial charge on any atom is 0.222 e. The van der Waals surface area contributed by atoms with Crippen LogP contribution < -0.4 is 5.32 Å². The zero-order valence-electron chi connectivity index (χ0n) is 6.96. The number of nitrogens with one attached hydrogen (secondary N) is 1. The van der Waals surface area contributed by atoms with Crippen LogP contribution in [0.2, 0.25) is 0 Å². The molecule has 0 aromatic carbocycles. The summed E-state index contributed by atoms with van der Waals surface area (Å²) >= 11 is 1.80. The van der Waals surface area contributed by atoms with Crippen LogP contribution in [-0.4, -0.2) is 5.91 Å². The van der Waals surface area contributed by atoms with Crippen LogP contribution in [-0.2, 0) is 11.2 Å². The number of hydrogen-bond donors (Lipinski definition) is 1. The van der Waals surface area contributed by atoms with Crippen molar-refractivity contribution in [1.82, 2.24) is 5.32 Å². The molecule has 0 saturated carbocycles. The van der Waals surface area contributed by atoms with Gasteiger partial charge in [-0.25, -0.2) is 0 Å². The molecule has 0 aliphatic carbocycles. The van der Waals surface area contributed by atoms with Gasteiger partial charge in [-0.15, -0.1) is 11.3 Å². The first-order chi connectivity index (χ1) is 5.79. The van der Waals surface area contributed by atoms with Crippen molar-refractivity contribution in [2.45, 2.75) is 25.8 Å². The van der Waals surface area contributed by atoms with Gasteiger partial charge in [0.1, 0.15) is 0 Å². The molecular formula is C9H11NOS. The van der Waals surface area contributed by atoms with Gasteiger partial charge in [0.05, 0.1) is 12.5 Å². The lowest BCUT2D eigenvalue weighted by Gasteiger charge is -2.25. The molecule has 1 fully saturated rings. The molecule has 1 saturated heterocycles. The third kappa shape index (κ3) is 1.25. The molecular weight excluding hydrogens is 170 g/mol. The highest BCUT2D eigenvalue weighted by molar-refractivity contribution is 7.12. The second kappa shape index (κ2) is 2.90. The zero-order chi connectivity index (χ0) is 8.55. The molecule has 1 aliphatic heterocycles. The van der Waals surface area contributed by atoms with Gasteiger partial charge in [0.25, 0.3) is 0 Å². The third-order valence-corrected chi connectivity index (χ3v) is 3.44. The maximum atomic E-state index is 10.7. The summed E-state index contributed by atoms with van der Waals surface area (Å²) in [6.45, 7) is 2.15. The van der Waals surface area contributed by atoms with Gasteiger partial charge in [0.2, 0.25) is 5.91 Å². The van der Waals surface area contributed by atoms with E-state index in [1.807, 2.05) is 0 Å². The number of hydrogen-bond acceptors (Lipinski definition) is 2. The van der Waals surface area contributed by atoms with Crippen LogP contribution in [0.15, 0.2) is 12.1 Å². The third-order valence-electron chi connectivity index (χ3n) is 2.10. The summed E-state index contributed by atoms with van der Waals surface area (Å²) in [7, 11) is 0. The standard InChI is InChI=1S/C9H11NOS/c1-2-6-3-4-8(12-6)7-5-9(11)10-7/h3-4,7H,2,5H2,1H3,(H,10,11). The molecule has 1 aliphatic rings. The van der Waals surface area contributed by atoms with Crippen LogP contribution in [0.4, 0.5) is 0 Å². The van der Waals surface area contributed by atoms with Gasteiger partial charge in [0, 0.05) is 9.75 Å². The Labute approximate surface area is 75.6 Å². The lowest BCUT2D eigenvalue weighted by molar-refractivity contribution is -0.128. The summed E-state index contributed by atoms with van der Waals surface area (Å²) in [4.78, 5) is 13.3. The smallest absolute Gasteiger partial charge is 0.222 e. The molecule has 3 heteroatoms. The van der Waals surface area contributed by atoms with E-state index in [0.29, 0.717) is 12.5 Å². The van der Waals surface area contributed by atoms with E-state index >= 15 is 0 Å². The number of amides is 1. The van der Waals surface area contributed by atoms with Crippen LogP contribution in [0, 0.1) is 0 Å². The molecule has 12 heavy (non-hydrogen) atoms. The molecule has 0 radical (unpaired) electrons. The fourth-order valence-corrected chi connectivity index (χ4v) is 2.31. The average Bonchev–Trinajstić information content (AvgIpc) is 2.46. The summed E-state index contributed by atoms with van der Waals surface area (Å²) < 4.78 is 0. The number of β-lactam (4-membered cyclic amide) rings is 1. The number of rotatable bonds is 2. The summed E-state index contributed by atoms with van der Waals surface area (Å²) in [5, 5.41) is 2.87. The molecule has 2 nitrogen and oxygen atoms in total. The van der Waals surface area contributed by atoms with Gasteiger partial charge in [-0.05, 0) is 18.6 Å². The van der Waals surface area contributed by atoms with E-state index in [1.165, 1.54) is 9.75 Å². The van der Waals surface area contributed by atoms with Gasteiger partial charge >= 0.3 is 0 Å². The van der Waals surface area contributed by atoms with Crippen LogP contribution in [0.25, 0.3) is 0 Å². The predicted molar refractivity (Wildman–Crippen MR) is 49.2 cm³/mol. The molecule has 1 unspecified atom stereocenters. The number of carbonyl (C=O) groups is 1. The Kier molecular flexibility index (Phi) is 1.89. The Hall–Kier alpha value is -0.830. The molecule has 0 spiro atoms. The van der Waals surface area contributed by atoms with Crippen LogP contribution in [0.3, 0.4) is 0 Å². The van der Waals surface area contributed by atoms with Gasteiger partial charge in [-0.3, -0.25) is 4.79 Å². The minimum absolute atomic E-state index is 0.173. The first kappa shape index (κ1) is 7.80. The van der Waals surface area contributed by atoms with E-state index in [-0.39, 0.29) is 5.91 Å². The maximum absolute atomic E-state index is 10.7. The lowest BCUT2D eigenvalue weighted by Crippen LogP contribution is -2.40. The molecule has 1 aromatic rings. The molecule has 1 N–H and O–H groups in total. The first-order valence-corrected chi connectivity index (χ1v) is 4.99.